The Morgan fingerprint density at radius 1 is 1.47 bits per heavy atom. The lowest BCUT2D eigenvalue weighted by Crippen LogP contribution is -2.26. The number of carbonyl (C=O) groups is 1. The van der Waals surface area contributed by atoms with Gasteiger partial charge in [-0.15, -0.1) is 11.8 Å². The molecule has 0 N–H and O–H groups in total. The van der Waals surface area contributed by atoms with Crippen LogP contribution < -0.4 is 0 Å². The predicted octanol–water partition coefficient (Wildman–Crippen LogP) is 3.44. The molecule has 0 aromatic heterocycles. The van der Waals surface area contributed by atoms with Crippen LogP contribution in [0.2, 0.25) is 5.02 Å². The molecule has 1 atom stereocenters. The van der Waals surface area contributed by atoms with Gasteiger partial charge in [-0.3, -0.25) is 4.79 Å². The molecule has 1 saturated heterocycles. The fourth-order valence-electron chi connectivity index (χ4n) is 1.66. The van der Waals surface area contributed by atoms with Crippen molar-refractivity contribution in [3.8, 4) is 0 Å². The first-order valence-electron chi connectivity index (χ1n) is 5.33. The maximum absolute atomic E-state index is 13.5. The Morgan fingerprint density at radius 3 is 2.94 bits per heavy atom. The highest BCUT2D eigenvalue weighted by Gasteiger charge is 2.23. The van der Waals surface area contributed by atoms with Crippen molar-refractivity contribution in [2.45, 2.75) is 11.7 Å². The molecule has 1 aromatic rings. The van der Waals surface area contributed by atoms with Gasteiger partial charge in [0.15, 0.2) is 5.78 Å². The lowest BCUT2D eigenvalue weighted by atomic mass is 10.1. The van der Waals surface area contributed by atoms with Crippen LogP contribution in [-0.2, 0) is 11.2 Å². The summed E-state index contributed by atoms with van der Waals surface area (Å²) in [6, 6.07) is 4.52. The first kappa shape index (κ1) is 13.2. The molecule has 0 aliphatic carbocycles. The topological polar surface area (TPSA) is 17.1 Å². The Hall–Kier alpha value is -0.190. The summed E-state index contributed by atoms with van der Waals surface area (Å²) in [6.45, 7) is 0. The summed E-state index contributed by atoms with van der Waals surface area (Å²) in [4.78, 5) is 12.0. The zero-order valence-electron chi connectivity index (χ0n) is 9.12. The van der Waals surface area contributed by atoms with E-state index >= 15 is 0 Å². The first-order chi connectivity index (χ1) is 8.18. The molecule has 92 valence electrons. The number of thioether (sulfide) groups is 2. The molecule has 5 heteroatoms. The Morgan fingerprint density at radius 2 is 2.29 bits per heavy atom. The Bertz CT molecular complexity index is 399. The summed E-state index contributed by atoms with van der Waals surface area (Å²) >= 11 is 9.36. The van der Waals surface area contributed by atoms with Crippen molar-refractivity contribution in [2.24, 2.45) is 0 Å². The van der Waals surface area contributed by atoms with Crippen LogP contribution in [0.1, 0.15) is 5.56 Å². The van der Waals surface area contributed by atoms with Crippen molar-refractivity contribution < 1.29 is 9.18 Å². The number of Topliss-reactive ketones (excluding diaryl/α,β-unsaturated/α-hetero) is 1. The third-order valence-corrected chi connectivity index (χ3v) is 5.74. The maximum Gasteiger partial charge on any atom is 0.151 e. The number of hydrogen-bond donors (Lipinski definition) is 0. The van der Waals surface area contributed by atoms with Gasteiger partial charge in [0.2, 0.25) is 0 Å². The zero-order chi connectivity index (χ0) is 12.3. The summed E-state index contributed by atoms with van der Waals surface area (Å²) in [5.74, 6) is 2.60. The van der Waals surface area contributed by atoms with E-state index in [-0.39, 0.29) is 23.3 Å². The summed E-state index contributed by atoms with van der Waals surface area (Å²) in [5.41, 5.74) is 0.329. The largest absolute Gasteiger partial charge is 0.298 e. The van der Waals surface area contributed by atoms with Crippen LogP contribution in [-0.4, -0.2) is 28.3 Å². The second-order valence-corrected chi connectivity index (χ2v) is 6.65. The first-order valence-corrected chi connectivity index (χ1v) is 7.91. The van der Waals surface area contributed by atoms with Gasteiger partial charge in [0.05, 0.1) is 5.25 Å². The van der Waals surface area contributed by atoms with Crippen molar-refractivity contribution in [3.63, 3.8) is 0 Å². The van der Waals surface area contributed by atoms with E-state index in [0.717, 1.165) is 17.3 Å². The standard InChI is InChI=1S/C12H12ClFOS2/c13-9-2-1-3-10(14)8(9)6-11(15)12-7-16-4-5-17-12/h1-3,12H,4-7H2. The van der Waals surface area contributed by atoms with Crippen LogP contribution in [0, 0.1) is 5.82 Å². The molecule has 0 saturated carbocycles. The van der Waals surface area contributed by atoms with E-state index in [0.29, 0.717) is 10.6 Å². The minimum absolute atomic E-state index is 0.00979. The lowest BCUT2D eigenvalue weighted by Gasteiger charge is -2.19. The van der Waals surface area contributed by atoms with E-state index in [1.165, 1.54) is 6.07 Å². The predicted molar refractivity (Wildman–Crippen MR) is 73.7 cm³/mol. The van der Waals surface area contributed by atoms with Gasteiger partial charge in [-0.25, -0.2) is 4.39 Å². The van der Waals surface area contributed by atoms with Gasteiger partial charge in [-0.2, -0.15) is 11.8 Å². The minimum Gasteiger partial charge on any atom is -0.298 e. The highest BCUT2D eigenvalue weighted by Crippen LogP contribution is 2.27. The second-order valence-electron chi connectivity index (χ2n) is 3.78. The van der Waals surface area contributed by atoms with Gasteiger partial charge < -0.3 is 0 Å². The van der Waals surface area contributed by atoms with Crippen molar-refractivity contribution in [2.75, 3.05) is 17.3 Å². The summed E-state index contributed by atoms with van der Waals surface area (Å²) in [5, 5.41) is 0.330. The van der Waals surface area contributed by atoms with Crippen LogP contribution >= 0.6 is 35.1 Å². The Balaban J connectivity index is 2.07. The molecule has 1 fully saturated rings. The van der Waals surface area contributed by atoms with Gasteiger partial charge in [-0.1, -0.05) is 17.7 Å². The second kappa shape index (κ2) is 6.12. The van der Waals surface area contributed by atoms with Crippen molar-refractivity contribution in [1.29, 1.82) is 0 Å². The molecule has 1 aliphatic heterocycles. The van der Waals surface area contributed by atoms with Crippen molar-refractivity contribution in [1.82, 2.24) is 0 Å². The third-order valence-electron chi connectivity index (χ3n) is 2.59. The van der Waals surface area contributed by atoms with E-state index in [2.05, 4.69) is 0 Å². The molecule has 1 aromatic carbocycles. The fraction of sp³-hybridized carbons (Fsp3) is 0.417. The highest BCUT2D eigenvalue weighted by molar-refractivity contribution is 8.07. The fourth-order valence-corrected chi connectivity index (χ4v) is 4.54. The molecule has 0 bridgehead atoms. The van der Waals surface area contributed by atoms with Gasteiger partial charge in [0.1, 0.15) is 5.82 Å². The van der Waals surface area contributed by atoms with Gasteiger partial charge in [0.25, 0.3) is 0 Å². The molecule has 0 amide bonds. The van der Waals surface area contributed by atoms with Crippen molar-refractivity contribution >= 4 is 40.9 Å². The van der Waals surface area contributed by atoms with Crippen molar-refractivity contribution in [3.05, 3.63) is 34.6 Å². The van der Waals surface area contributed by atoms with Gasteiger partial charge in [0, 0.05) is 34.3 Å². The Labute approximate surface area is 113 Å². The van der Waals surface area contributed by atoms with E-state index in [1.807, 2.05) is 0 Å². The van der Waals surface area contributed by atoms with Crippen LogP contribution in [0.3, 0.4) is 0 Å². The third kappa shape index (κ3) is 3.39. The normalized spacial score (nSPS) is 20.2. The van der Waals surface area contributed by atoms with Crippen LogP contribution in [0.5, 0.6) is 0 Å². The average Bonchev–Trinajstić information content (AvgIpc) is 2.35. The van der Waals surface area contributed by atoms with E-state index in [4.69, 9.17) is 11.6 Å². The molecule has 1 nitrogen and oxygen atoms in total. The number of benzene rings is 1. The van der Waals surface area contributed by atoms with Gasteiger partial charge in [-0.05, 0) is 12.1 Å². The molecule has 1 aliphatic rings. The number of rotatable bonds is 3. The van der Waals surface area contributed by atoms with Crippen LogP contribution in [0.15, 0.2) is 18.2 Å². The average molecular weight is 291 g/mol. The number of hydrogen-bond acceptors (Lipinski definition) is 3. The summed E-state index contributed by atoms with van der Waals surface area (Å²) in [6.07, 6.45) is 0.101. The molecular weight excluding hydrogens is 279 g/mol. The molecule has 0 spiro atoms. The quantitative estimate of drug-likeness (QED) is 0.849. The minimum atomic E-state index is -0.390. The molecule has 0 radical (unpaired) electrons. The van der Waals surface area contributed by atoms with Gasteiger partial charge >= 0.3 is 0 Å². The highest BCUT2D eigenvalue weighted by atomic mass is 35.5. The summed E-state index contributed by atoms with van der Waals surface area (Å²) < 4.78 is 13.5. The van der Waals surface area contributed by atoms with Crippen LogP contribution in [0.4, 0.5) is 4.39 Å². The SMILES string of the molecule is O=C(Cc1c(F)cccc1Cl)C1CSCCS1. The molecule has 1 unspecified atom stereocenters. The van der Waals surface area contributed by atoms with Crippen LogP contribution in [0.25, 0.3) is 0 Å². The monoisotopic (exact) mass is 290 g/mol. The zero-order valence-corrected chi connectivity index (χ0v) is 11.5. The molecule has 1 heterocycles. The summed E-state index contributed by atoms with van der Waals surface area (Å²) in [7, 11) is 0. The Kier molecular flexibility index (Phi) is 4.77. The van der Waals surface area contributed by atoms with E-state index in [1.54, 1.807) is 35.7 Å². The van der Waals surface area contributed by atoms with E-state index < -0.39 is 0 Å². The lowest BCUT2D eigenvalue weighted by molar-refractivity contribution is -0.117. The molecular formula is C12H12ClFOS2. The molecule has 17 heavy (non-hydrogen) atoms. The number of halogens is 2. The smallest absolute Gasteiger partial charge is 0.151 e. The number of carbonyl (C=O) groups excluding carboxylic acids is 1. The number of ketones is 1. The molecule has 2 rings (SSSR count). The maximum atomic E-state index is 13.5. The van der Waals surface area contributed by atoms with E-state index in [9.17, 15) is 9.18 Å².